The van der Waals surface area contributed by atoms with Crippen LogP contribution in [0.25, 0.3) is 6.08 Å². The molecule has 0 spiro atoms. The SMILES string of the molecule is CC(C)CC(C(=O)NN)[C@H](CC=Cc1ccccc1)C(=O)NO. The van der Waals surface area contributed by atoms with Crippen molar-refractivity contribution in [3.63, 3.8) is 0 Å². The van der Waals surface area contributed by atoms with E-state index in [1.54, 1.807) is 5.48 Å². The fourth-order valence-corrected chi connectivity index (χ4v) is 2.52. The molecule has 0 aliphatic carbocycles. The Morgan fingerprint density at radius 1 is 1.17 bits per heavy atom. The van der Waals surface area contributed by atoms with E-state index < -0.39 is 23.7 Å². The molecular formula is C17H25N3O3. The lowest BCUT2D eigenvalue weighted by atomic mass is 9.82. The monoisotopic (exact) mass is 319 g/mol. The molecule has 2 atom stereocenters. The summed E-state index contributed by atoms with van der Waals surface area (Å²) < 4.78 is 0. The van der Waals surface area contributed by atoms with Crippen LogP contribution >= 0.6 is 0 Å². The van der Waals surface area contributed by atoms with Crippen molar-refractivity contribution in [3.8, 4) is 0 Å². The molecule has 0 aliphatic rings. The first-order chi connectivity index (χ1) is 11.0. The molecule has 0 radical (unpaired) electrons. The zero-order chi connectivity index (χ0) is 17.2. The number of hydrogen-bond donors (Lipinski definition) is 4. The smallest absolute Gasteiger partial charge is 0.247 e. The van der Waals surface area contributed by atoms with Crippen molar-refractivity contribution in [2.75, 3.05) is 0 Å². The van der Waals surface area contributed by atoms with Gasteiger partial charge in [-0.2, -0.15) is 0 Å². The van der Waals surface area contributed by atoms with E-state index in [1.165, 1.54) is 0 Å². The van der Waals surface area contributed by atoms with Crippen molar-refractivity contribution in [1.82, 2.24) is 10.9 Å². The molecule has 6 nitrogen and oxygen atoms in total. The number of allylic oxidation sites excluding steroid dienone is 1. The molecule has 0 fully saturated rings. The summed E-state index contributed by atoms with van der Waals surface area (Å²) in [6, 6.07) is 9.64. The molecule has 6 heteroatoms. The van der Waals surface area contributed by atoms with Crippen molar-refractivity contribution >= 4 is 17.9 Å². The highest BCUT2D eigenvalue weighted by Crippen LogP contribution is 2.25. The maximum absolute atomic E-state index is 12.0. The Balaban J connectivity index is 2.90. The molecule has 1 aromatic carbocycles. The number of benzene rings is 1. The van der Waals surface area contributed by atoms with Crippen LogP contribution in [-0.4, -0.2) is 17.0 Å². The Labute approximate surface area is 136 Å². The van der Waals surface area contributed by atoms with Gasteiger partial charge >= 0.3 is 0 Å². The van der Waals surface area contributed by atoms with E-state index in [0.29, 0.717) is 12.8 Å². The van der Waals surface area contributed by atoms with Crippen LogP contribution in [-0.2, 0) is 9.59 Å². The molecule has 1 rings (SSSR count). The van der Waals surface area contributed by atoms with Gasteiger partial charge in [-0.15, -0.1) is 0 Å². The van der Waals surface area contributed by atoms with E-state index in [0.717, 1.165) is 5.56 Å². The first-order valence-electron chi connectivity index (χ1n) is 7.65. The Kier molecular flexibility index (Phi) is 8.01. The van der Waals surface area contributed by atoms with Gasteiger partial charge < -0.3 is 0 Å². The van der Waals surface area contributed by atoms with Crippen LogP contribution in [0, 0.1) is 17.8 Å². The maximum atomic E-state index is 12.0. The second-order valence-corrected chi connectivity index (χ2v) is 5.88. The Morgan fingerprint density at radius 2 is 1.83 bits per heavy atom. The minimum Gasteiger partial charge on any atom is -0.294 e. The van der Waals surface area contributed by atoms with Gasteiger partial charge in [-0.3, -0.25) is 20.2 Å². The molecule has 0 saturated heterocycles. The quantitative estimate of drug-likeness (QED) is 0.254. The van der Waals surface area contributed by atoms with Gasteiger partial charge in [0.1, 0.15) is 0 Å². The highest BCUT2D eigenvalue weighted by atomic mass is 16.5. The summed E-state index contributed by atoms with van der Waals surface area (Å²) in [5, 5.41) is 8.97. The zero-order valence-corrected chi connectivity index (χ0v) is 13.5. The van der Waals surface area contributed by atoms with E-state index in [9.17, 15) is 9.59 Å². The van der Waals surface area contributed by atoms with E-state index in [1.807, 2.05) is 56.3 Å². The molecule has 126 valence electrons. The van der Waals surface area contributed by atoms with Crippen molar-refractivity contribution < 1.29 is 14.8 Å². The Morgan fingerprint density at radius 3 is 2.35 bits per heavy atom. The van der Waals surface area contributed by atoms with Crippen LogP contribution in [0.5, 0.6) is 0 Å². The van der Waals surface area contributed by atoms with E-state index in [-0.39, 0.29) is 5.92 Å². The molecule has 0 saturated carbocycles. The largest absolute Gasteiger partial charge is 0.294 e. The summed E-state index contributed by atoms with van der Waals surface area (Å²) in [6.07, 6.45) is 4.53. The van der Waals surface area contributed by atoms with Crippen LogP contribution < -0.4 is 16.7 Å². The summed E-state index contributed by atoms with van der Waals surface area (Å²) in [5.41, 5.74) is 4.77. The highest BCUT2D eigenvalue weighted by Gasteiger charge is 2.33. The molecular weight excluding hydrogens is 294 g/mol. The van der Waals surface area contributed by atoms with Gasteiger partial charge in [0.15, 0.2) is 0 Å². The first-order valence-corrected chi connectivity index (χ1v) is 7.65. The van der Waals surface area contributed by atoms with E-state index >= 15 is 0 Å². The molecule has 0 aromatic heterocycles. The second kappa shape index (κ2) is 9.76. The summed E-state index contributed by atoms with van der Waals surface area (Å²) in [5.74, 6) is 3.17. The highest BCUT2D eigenvalue weighted by molar-refractivity contribution is 5.87. The third kappa shape index (κ3) is 6.22. The van der Waals surface area contributed by atoms with Gasteiger partial charge in [-0.25, -0.2) is 11.3 Å². The van der Waals surface area contributed by atoms with Crippen LogP contribution in [0.1, 0.15) is 32.3 Å². The number of nitrogens with two attached hydrogens (primary N) is 1. The topological polar surface area (TPSA) is 104 Å². The van der Waals surface area contributed by atoms with Gasteiger partial charge in [0.25, 0.3) is 0 Å². The third-order valence-electron chi connectivity index (χ3n) is 3.64. The first kappa shape index (κ1) is 18.9. The third-order valence-corrected chi connectivity index (χ3v) is 3.64. The van der Waals surface area contributed by atoms with Crippen LogP contribution in [0.3, 0.4) is 0 Å². The van der Waals surface area contributed by atoms with Crippen LogP contribution in [0.2, 0.25) is 0 Å². The minimum absolute atomic E-state index is 0.212. The normalized spacial score (nSPS) is 13.8. The van der Waals surface area contributed by atoms with Gasteiger partial charge in [-0.05, 0) is 24.3 Å². The lowest BCUT2D eigenvalue weighted by molar-refractivity contribution is -0.140. The molecule has 23 heavy (non-hydrogen) atoms. The van der Waals surface area contributed by atoms with Crippen molar-refractivity contribution in [2.24, 2.45) is 23.6 Å². The Hall–Kier alpha value is -2.18. The molecule has 1 unspecified atom stereocenters. The number of carbonyl (C=O) groups excluding carboxylic acids is 2. The second-order valence-electron chi connectivity index (χ2n) is 5.88. The number of hydroxylamine groups is 1. The molecule has 0 bridgehead atoms. The molecule has 5 N–H and O–H groups in total. The summed E-state index contributed by atoms with van der Waals surface area (Å²) in [7, 11) is 0. The number of nitrogens with one attached hydrogen (secondary N) is 2. The average molecular weight is 319 g/mol. The summed E-state index contributed by atoms with van der Waals surface area (Å²) in [6.45, 7) is 3.93. The Bertz CT molecular complexity index is 529. The lowest BCUT2D eigenvalue weighted by Gasteiger charge is -2.24. The number of amides is 2. The fraction of sp³-hybridized carbons (Fsp3) is 0.412. The van der Waals surface area contributed by atoms with Crippen molar-refractivity contribution in [1.29, 1.82) is 0 Å². The van der Waals surface area contributed by atoms with Gasteiger partial charge in [-0.1, -0.05) is 56.3 Å². The molecule has 1 aromatic rings. The number of hydrogen-bond acceptors (Lipinski definition) is 4. The predicted octanol–water partition coefficient (Wildman–Crippen LogP) is 1.86. The molecule has 0 heterocycles. The predicted molar refractivity (Wildman–Crippen MR) is 88.8 cm³/mol. The van der Waals surface area contributed by atoms with E-state index in [2.05, 4.69) is 5.43 Å². The van der Waals surface area contributed by atoms with Crippen LogP contribution in [0.4, 0.5) is 0 Å². The standard InChI is InChI=1S/C17H25N3O3/c1-12(2)11-15(16(21)19-18)14(17(22)20-23)10-6-9-13-7-4-3-5-8-13/h3-9,12,14-15,23H,10-11,18H2,1-2H3,(H,19,21)(H,20,22)/t14-,15?/m0/s1. The van der Waals surface area contributed by atoms with Gasteiger partial charge in [0.2, 0.25) is 11.8 Å². The van der Waals surface area contributed by atoms with Crippen molar-refractivity contribution in [3.05, 3.63) is 42.0 Å². The zero-order valence-electron chi connectivity index (χ0n) is 13.5. The average Bonchev–Trinajstić information content (AvgIpc) is 2.56. The van der Waals surface area contributed by atoms with Gasteiger partial charge in [0.05, 0.1) is 11.8 Å². The van der Waals surface area contributed by atoms with Gasteiger partial charge in [0, 0.05) is 0 Å². The lowest BCUT2D eigenvalue weighted by Crippen LogP contribution is -2.44. The molecule has 0 aliphatic heterocycles. The van der Waals surface area contributed by atoms with Crippen LogP contribution in [0.15, 0.2) is 36.4 Å². The van der Waals surface area contributed by atoms with Crippen molar-refractivity contribution in [2.45, 2.75) is 26.7 Å². The number of rotatable bonds is 8. The number of carbonyl (C=O) groups is 2. The summed E-state index contributed by atoms with van der Waals surface area (Å²) >= 11 is 0. The fourth-order valence-electron chi connectivity index (χ4n) is 2.52. The molecule has 2 amide bonds. The minimum atomic E-state index is -0.689. The number of hydrazine groups is 1. The summed E-state index contributed by atoms with van der Waals surface area (Å²) in [4.78, 5) is 24.0. The maximum Gasteiger partial charge on any atom is 0.247 e. The van der Waals surface area contributed by atoms with E-state index in [4.69, 9.17) is 11.0 Å².